The van der Waals surface area contributed by atoms with E-state index >= 15 is 0 Å². The van der Waals surface area contributed by atoms with Crippen molar-refractivity contribution >= 4 is 22.1 Å². The summed E-state index contributed by atoms with van der Waals surface area (Å²) in [6.45, 7) is 1.67. The van der Waals surface area contributed by atoms with Crippen LogP contribution in [0.4, 0.5) is 4.79 Å². The first-order valence-corrected chi connectivity index (χ1v) is 3.04. The van der Waals surface area contributed by atoms with Crippen LogP contribution in [0.2, 0.25) is 0 Å². The molecule has 0 radical (unpaired) electrons. The molecule has 0 saturated carbocycles. The van der Waals surface area contributed by atoms with Gasteiger partial charge in [-0.1, -0.05) is 0 Å². The average Bonchev–Trinajstić information content (AvgIpc) is 1.85. The van der Waals surface area contributed by atoms with Crippen LogP contribution in [0, 0.1) is 0 Å². The Balaban J connectivity index is 2.64. The van der Waals surface area contributed by atoms with Crippen LogP contribution in [0.15, 0.2) is 0 Å². The van der Waals surface area contributed by atoms with Crippen molar-refractivity contribution < 1.29 is 9.59 Å². The summed E-state index contributed by atoms with van der Waals surface area (Å²) in [5.41, 5.74) is 0. The fourth-order valence-electron chi connectivity index (χ4n) is 0.445. The van der Waals surface area contributed by atoms with Crippen molar-refractivity contribution in [1.29, 1.82) is 0 Å². The van der Waals surface area contributed by atoms with Crippen molar-refractivity contribution in [3.05, 3.63) is 0 Å². The lowest BCUT2D eigenvalue weighted by atomic mass is 10.4. The van der Waals surface area contributed by atoms with E-state index in [9.17, 15) is 9.59 Å². The molecule has 0 spiro atoms. The molecule has 1 amide bonds. The normalized spacial score (nSPS) is 28.4. The molecule has 0 aliphatic carbocycles. The fraction of sp³-hybridized carbons (Fsp3) is 0.500. The van der Waals surface area contributed by atoms with Crippen LogP contribution < -0.4 is 5.32 Å². The van der Waals surface area contributed by atoms with E-state index in [4.69, 9.17) is 0 Å². The van der Waals surface area contributed by atoms with Crippen LogP contribution in [0.5, 0.6) is 0 Å². The molecule has 3 nitrogen and oxygen atoms in total. The van der Waals surface area contributed by atoms with Crippen LogP contribution >= 0.6 is 11.8 Å². The van der Waals surface area contributed by atoms with Gasteiger partial charge in [0.25, 0.3) is 5.24 Å². The van der Waals surface area contributed by atoms with Gasteiger partial charge in [0, 0.05) is 11.8 Å². The highest BCUT2D eigenvalue weighted by Gasteiger charge is 2.26. The smallest absolute Gasteiger partial charge is 0.287 e. The topological polar surface area (TPSA) is 46.2 Å². The summed E-state index contributed by atoms with van der Waals surface area (Å²) in [7, 11) is 0. The van der Waals surface area contributed by atoms with Gasteiger partial charge in [0.15, 0.2) is 0 Å². The Bertz CT molecular complexity index is 145. The maximum Gasteiger partial charge on any atom is 0.287 e. The number of carbonyl (C=O) groups is 2. The molecule has 1 aliphatic rings. The zero-order valence-electron chi connectivity index (χ0n) is 4.30. The second-order valence-electron chi connectivity index (χ2n) is 1.57. The van der Waals surface area contributed by atoms with Crippen molar-refractivity contribution in [3.8, 4) is 0 Å². The Kier molecular flexibility index (Phi) is 1.25. The van der Waals surface area contributed by atoms with Crippen LogP contribution in [0.25, 0.3) is 0 Å². The van der Waals surface area contributed by atoms with E-state index in [1.807, 2.05) is 0 Å². The molecular weight excluding hydrogens is 126 g/mol. The van der Waals surface area contributed by atoms with E-state index in [0.717, 1.165) is 11.8 Å². The highest BCUT2D eigenvalue weighted by molar-refractivity contribution is 8.26. The molecule has 1 N–H and O–H groups in total. The first-order chi connectivity index (χ1) is 3.70. The Labute approximate surface area is 50.8 Å². The molecule has 0 aromatic carbocycles. The quantitative estimate of drug-likeness (QED) is 0.516. The first-order valence-electron chi connectivity index (χ1n) is 2.22. The zero-order chi connectivity index (χ0) is 6.15. The third-order valence-corrected chi connectivity index (χ3v) is 1.74. The molecule has 1 atom stereocenters. The Morgan fingerprint density at radius 2 is 2.25 bits per heavy atom. The summed E-state index contributed by atoms with van der Waals surface area (Å²) in [6, 6.07) is -0.285. The van der Waals surface area contributed by atoms with Crippen LogP contribution in [0.1, 0.15) is 6.92 Å². The van der Waals surface area contributed by atoms with Gasteiger partial charge in [0.1, 0.15) is 0 Å². The van der Waals surface area contributed by atoms with Gasteiger partial charge in [-0.15, -0.1) is 0 Å². The van der Waals surface area contributed by atoms with Gasteiger partial charge in [0.2, 0.25) is 5.12 Å². The van der Waals surface area contributed by atoms with Crippen LogP contribution in [0.3, 0.4) is 0 Å². The number of thioether (sulfide) groups is 1. The molecule has 1 saturated heterocycles. The van der Waals surface area contributed by atoms with E-state index < -0.39 is 0 Å². The van der Waals surface area contributed by atoms with Crippen molar-refractivity contribution in [1.82, 2.24) is 5.32 Å². The summed E-state index contributed by atoms with van der Waals surface area (Å²) < 4.78 is 0. The molecule has 44 valence electrons. The third-order valence-electron chi connectivity index (χ3n) is 0.881. The Morgan fingerprint density at radius 1 is 1.62 bits per heavy atom. The monoisotopic (exact) mass is 131 g/mol. The lowest BCUT2D eigenvalue weighted by Gasteiger charge is -1.92. The second-order valence-corrected chi connectivity index (χ2v) is 2.55. The summed E-state index contributed by atoms with van der Waals surface area (Å²) in [6.07, 6.45) is 0. The van der Waals surface area contributed by atoms with Gasteiger partial charge in [-0.25, -0.2) is 0 Å². The minimum absolute atomic E-state index is 0.0880. The number of hydrogen-bond donors (Lipinski definition) is 1. The SMILES string of the molecule is CC1NC(=O)SC1=O. The number of rotatable bonds is 0. The minimum Gasteiger partial charge on any atom is -0.336 e. The van der Waals surface area contributed by atoms with Crippen LogP contribution in [-0.4, -0.2) is 16.4 Å². The van der Waals surface area contributed by atoms with Gasteiger partial charge >= 0.3 is 0 Å². The van der Waals surface area contributed by atoms with E-state index in [1.54, 1.807) is 6.92 Å². The summed E-state index contributed by atoms with van der Waals surface area (Å²) in [4.78, 5) is 20.8. The van der Waals surface area contributed by atoms with E-state index in [0.29, 0.717) is 0 Å². The highest BCUT2D eigenvalue weighted by atomic mass is 32.2. The Morgan fingerprint density at radius 3 is 2.38 bits per heavy atom. The number of amides is 1. The number of hydrogen-bond acceptors (Lipinski definition) is 3. The minimum atomic E-state index is -0.285. The first kappa shape index (κ1) is 5.62. The average molecular weight is 131 g/mol. The number of carbonyl (C=O) groups excluding carboxylic acids is 2. The molecule has 0 aromatic heterocycles. The highest BCUT2D eigenvalue weighted by Crippen LogP contribution is 2.13. The molecule has 1 aliphatic heterocycles. The predicted octanol–water partition coefficient (Wildman–Crippen LogP) is 0.358. The molecule has 0 aromatic rings. The third kappa shape index (κ3) is 0.838. The maximum atomic E-state index is 10.5. The summed E-state index contributed by atoms with van der Waals surface area (Å²) in [5.74, 6) is 0. The Hall–Kier alpha value is -0.510. The molecule has 8 heavy (non-hydrogen) atoms. The molecule has 0 bridgehead atoms. The van der Waals surface area contributed by atoms with Crippen molar-refractivity contribution in [3.63, 3.8) is 0 Å². The zero-order valence-corrected chi connectivity index (χ0v) is 5.12. The summed E-state index contributed by atoms with van der Waals surface area (Å²) >= 11 is 0.740. The van der Waals surface area contributed by atoms with Gasteiger partial charge in [-0.2, -0.15) is 0 Å². The maximum absolute atomic E-state index is 10.5. The van der Waals surface area contributed by atoms with Crippen LogP contribution in [-0.2, 0) is 4.79 Å². The molecule has 1 unspecified atom stereocenters. The largest absolute Gasteiger partial charge is 0.336 e. The second kappa shape index (κ2) is 1.78. The number of nitrogens with one attached hydrogen (secondary N) is 1. The van der Waals surface area contributed by atoms with Crippen molar-refractivity contribution in [2.24, 2.45) is 0 Å². The molecule has 4 heteroatoms. The molecule has 1 rings (SSSR count). The summed E-state index contributed by atoms with van der Waals surface area (Å²) in [5, 5.41) is 2.12. The van der Waals surface area contributed by atoms with E-state index in [1.165, 1.54) is 0 Å². The lowest BCUT2D eigenvalue weighted by molar-refractivity contribution is -0.111. The van der Waals surface area contributed by atoms with Gasteiger partial charge in [-0.05, 0) is 6.92 Å². The molecule has 1 fully saturated rings. The predicted molar refractivity (Wildman–Crippen MR) is 30.6 cm³/mol. The van der Waals surface area contributed by atoms with Crippen molar-refractivity contribution in [2.45, 2.75) is 13.0 Å². The molecule has 1 heterocycles. The van der Waals surface area contributed by atoms with E-state index in [-0.39, 0.29) is 16.4 Å². The van der Waals surface area contributed by atoms with Gasteiger partial charge in [0.05, 0.1) is 6.04 Å². The standard InChI is InChI=1S/C4H5NO2S/c1-2-3(6)8-4(7)5-2/h2H,1H3,(H,5,7). The van der Waals surface area contributed by atoms with E-state index in [2.05, 4.69) is 5.32 Å². The molecular formula is C4H5NO2S. The van der Waals surface area contributed by atoms with Gasteiger partial charge in [-0.3, -0.25) is 9.59 Å². The lowest BCUT2D eigenvalue weighted by Crippen LogP contribution is -2.24. The fourth-order valence-corrected chi connectivity index (χ4v) is 1.10. The van der Waals surface area contributed by atoms with Gasteiger partial charge < -0.3 is 5.32 Å². The van der Waals surface area contributed by atoms with Crippen molar-refractivity contribution in [2.75, 3.05) is 0 Å².